The first-order chi connectivity index (χ1) is 13.3. The van der Waals surface area contributed by atoms with E-state index in [0.717, 1.165) is 49.9 Å². The first-order valence-electron chi connectivity index (χ1n) is 10.3. The normalized spacial score (nSPS) is 17.8. The summed E-state index contributed by atoms with van der Waals surface area (Å²) in [6.45, 7) is 13.4. The number of guanidine groups is 1. The van der Waals surface area contributed by atoms with Gasteiger partial charge in [-0.15, -0.1) is 0 Å². The summed E-state index contributed by atoms with van der Waals surface area (Å²) in [5.41, 5.74) is 2.44. The smallest absolute Gasteiger partial charge is 0.191 e. The molecule has 0 aromatic heterocycles. The Kier molecular flexibility index (Phi) is 8.58. The first-order valence-corrected chi connectivity index (χ1v) is 10.3. The van der Waals surface area contributed by atoms with Crippen molar-refractivity contribution in [3.8, 4) is 5.75 Å². The van der Waals surface area contributed by atoms with Crippen LogP contribution in [0.3, 0.4) is 0 Å². The predicted molar refractivity (Wildman–Crippen MR) is 116 cm³/mol. The van der Waals surface area contributed by atoms with Crippen molar-refractivity contribution in [2.45, 2.75) is 46.8 Å². The molecule has 1 fully saturated rings. The van der Waals surface area contributed by atoms with E-state index in [1.807, 2.05) is 0 Å². The highest BCUT2D eigenvalue weighted by atomic mass is 16.5. The minimum atomic E-state index is 0.141. The SMILES string of the molecule is CCNC(=NCc1ccc(C)cc1OC1CCOC1)NCC(C)(C)CN(C)C. The van der Waals surface area contributed by atoms with Crippen molar-refractivity contribution in [2.24, 2.45) is 10.4 Å². The predicted octanol–water partition coefficient (Wildman–Crippen LogP) is 2.81. The monoisotopic (exact) mass is 390 g/mol. The molecule has 2 rings (SSSR count). The number of benzene rings is 1. The van der Waals surface area contributed by atoms with Gasteiger partial charge in [0.25, 0.3) is 0 Å². The molecule has 1 aromatic rings. The second-order valence-electron chi connectivity index (χ2n) is 8.67. The van der Waals surface area contributed by atoms with Crippen molar-refractivity contribution in [1.29, 1.82) is 0 Å². The molecule has 1 saturated heterocycles. The zero-order valence-corrected chi connectivity index (χ0v) is 18.5. The highest BCUT2D eigenvalue weighted by molar-refractivity contribution is 5.79. The summed E-state index contributed by atoms with van der Waals surface area (Å²) < 4.78 is 11.6. The molecule has 0 amide bonds. The van der Waals surface area contributed by atoms with Gasteiger partial charge < -0.3 is 25.0 Å². The van der Waals surface area contributed by atoms with Crippen molar-refractivity contribution in [3.63, 3.8) is 0 Å². The standard InChI is InChI=1S/C22H38N4O2/c1-7-23-21(25-15-22(3,4)16-26(5)6)24-13-18-9-8-17(2)12-20(18)28-19-10-11-27-14-19/h8-9,12,19H,7,10-11,13-16H2,1-6H3,(H2,23,24,25). The Balaban J connectivity index is 2.05. The fourth-order valence-electron chi connectivity index (χ4n) is 3.43. The molecule has 1 atom stereocenters. The molecule has 1 heterocycles. The van der Waals surface area contributed by atoms with E-state index in [1.165, 1.54) is 5.56 Å². The lowest BCUT2D eigenvalue weighted by molar-refractivity contribution is 0.140. The maximum atomic E-state index is 6.20. The van der Waals surface area contributed by atoms with Crippen LogP contribution in [0.15, 0.2) is 23.2 Å². The molecule has 0 aliphatic carbocycles. The average Bonchev–Trinajstić information content (AvgIpc) is 3.10. The third-order valence-electron chi connectivity index (χ3n) is 4.63. The summed E-state index contributed by atoms with van der Waals surface area (Å²) in [4.78, 5) is 7.02. The van der Waals surface area contributed by atoms with E-state index < -0.39 is 0 Å². The van der Waals surface area contributed by atoms with E-state index in [2.05, 4.69) is 75.5 Å². The van der Waals surface area contributed by atoms with Gasteiger partial charge in [-0.1, -0.05) is 26.0 Å². The van der Waals surface area contributed by atoms with Crippen LogP contribution in [-0.2, 0) is 11.3 Å². The Morgan fingerprint density at radius 1 is 1.32 bits per heavy atom. The van der Waals surface area contributed by atoms with Crippen LogP contribution in [0.5, 0.6) is 5.75 Å². The quantitative estimate of drug-likeness (QED) is 0.502. The van der Waals surface area contributed by atoms with E-state index in [4.69, 9.17) is 14.5 Å². The topological polar surface area (TPSA) is 58.1 Å². The van der Waals surface area contributed by atoms with Crippen LogP contribution in [0.25, 0.3) is 0 Å². The number of nitrogens with zero attached hydrogens (tertiary/aromatic N) is 2. The fourth-order valence-corrected chi connectivity index (χ4v) is 3.43. The van der Waals surface area contributed by atoms with Gasteiger partial charge in [-0.05, 0) is 45.0 Å². The molecule has 6 nitrogen and oxygen atoms in total. The molecule has 0 radical (unpaired) electrons. The lowest BCUT2D eigenvalue weighted by Gasteiger charge is -2.29. The van der Waals surface area contributed by atoms with Gasteiger partial charge in [0.1, 0.15) is 11.9 Å². The van der Waals surface area contributed by atoms with Gasteiger partial charge in [0.05, 0.1) is 19.8 Å². The molecule has 158 valence electrons. The second-order valence-corrected chi connectivity index (χ2v) is 8.67. The van der Waals surface area contributed by atoms with Crippen molar-refractivity contribution in [1.82, 2.24) is 15.5 Å². The number of hydrogen-bond acceptors (Lipinski definition) is 4. The van der Waals surface area contributed by atoms with Gasteiger partial charge in [0.2, 0.25) is 0 Å². The minimum Gasteiger partial charge on any atom is -0.488 e. The molecule has 1 aromatic carbocycles. The van der Waals surface area contributed by atoms with Crippen LogP contribution in [0.4, 0.5) is 0 Å². The first kappa shape index (κ1) is 22.5. The van der Waals surface area contributed by atoms with Gasteiger partial charge in [0.15, 0.2) is 5.96 Å². The number of hydrogen-bond donors (Lipinski definition) is 2. The van der Waals surface area contributed by atoms with Crippen LogP contribution in [0.1, 0.15) is 38.3 Å². The van der Waals surface area contributed by atoms with Gasteiger partial charge in [0, 0.05) is 31.6 Å². The third-order valence-corrected chi connectivity index (χ3v) is 4.63. The number of nitrogens with one attached hydrogen (secondary N) is 2. The largest absolute Gasteiger partial charge is 0.488 e. The number of ether oxygens (including phenoxy) is 2. The van der Waals surface area contributed by atoms with Crippen molar-refractivity contribution >= 4 is 5.96 Å². The van der Waals surface area contributed by atoms with Crippen LogP contribution in [-0.4, -0.2) is 63.9 Å². The maximum Gasteiger partial charge on any atom is 0.191 e. The van der Waals surface area contributed by atoms with Crippen molar-refractivity contribution in [3.05, 3.63) is 29.3 Å². The zero-order chi connectivity index (χ0) is 20.6. The Morgan fingerprint density at radius 3 is 2.75 bits per heavy atom. The average molecular weight is 391 g/mol. The summed E-state index contributed by atoms with van der Waals surface area (Å²) in [6, 6.07) is 6.33. The minimum absolute atomic E-state index is 0.141. The summed E-state index contributed by atoms with van der Waals surface area (Å²) in [5, 5.41) is 6.84. The summed E-state index contributed by atoms with van der Waals surface area (Å²) in [7, 11) is 4.21. The Labute approximate surface area is 170 Å². The van der Waals surface area contributed by atoms with Crippen LogP contribution < -0.4 is 15.4 Å². The Bertz CT molecular complexity index is 637. The van der Waals surface area contributed by atoms with E-state index in [0.29, 0.717) is 13.2 Å². The Morgan fingerprint density at radius 2 is 2.11 bits per heavy atom. The van der Waals surface area contributed by atoms with Gasteiger partial charge in [-0.3, -0.25) is 0 Å². The second kappa shape index (κ2) is 10.7. The van der Waals surface area contributed by atoms with E-state index in [1.54, 1.807) is 0 Å². The van der Waals surface area contributed by atoms with Crippen LogP contribution in [0.2, 0.25) is 0 Å². The number of aliphatic imine (C=N–C) groups is 1. The molecular formula is C22H38N4O2. The number of rotatable bonds is 9. The van der Waals surface area contributed by atoms with Crippen LogP contribution in [0, 0.1) is 12.3 Å². The maximum absolute atomic E-state index is 6.20. The van der Waals surface area contributed by atoms with E-state index >= 15 is 0 Å². The van der Waals surface area contributed by atoms with E-state index in [-0.39, 0.29) is 11.5 Å². The van der Waals surface area contributed by atoms with Gasteiger partial charge in [-0.25, -0.2) is 4.99 Å². The molecule has 1 unspecified atom stereocenters. The molecule has 0 saturated carbocycles. The summed E-state index contributed by atoms with van der Waals surface area (Å²) in [6.07, 6.45) is 1.09. The number of aryl methyl sites for hydroxylation is 1. The fraction of sp³-hybridized carbons (Fsp3) is 0.682. The Hall–Kier alpha value is -1.79. The molecular weight excluding hydrogens is 352 g/mol. The van der Waals surface area contributed by atoms with Crippen LogP contribution >= 0.6 is 0 Å². The lowest BCUT2D eigenvalue weighted by atomic mass is 9.93. The molecule has 2 N–H and O–H groups in total. The molecule has 0 bridgehead atoms. The molecule has 1 aliphatic rings. The summed E-state index contributed by atoms with van der Waals surface area (Å²) >= 11 is 0. The molecule has 0 spiro atoms. The molecule has 1 aliphatic heterocycles. The highest BCUT2D eigenvalue weighted by Crippen LogP contribution is 2.24. The van der Waals surface area contributed by atoms with Crippen molar-refractivity contribution < 1.29 is 9.47 Å². The lowest BCUT2D eigenvalue weighted by Crippen LogP contribution is -2.44. The molecule has 6 heteroatoms. The molecule has 28 heavy (non-hydrogen) atoms. The summed E-state index contributed by atoms with van der Waals surface area (Å²) in [5.74, 6) is 1.76. The zero-order valence-electron chi connectivity index (χ0n) is 18.5. The van der Waals surface area contributed by atoms with Gasteiger partial charge >= 0.3 is 0 Å². The van der Waals surface area contributed by atoms with E-state index in [9.17, 15) is 0 Å². The van der Waals surface area contributed by atoms with Gasteiger partial charge in [-0.2, -0.15) is 0 Å². The highest BCUT2D eigenvalue weighted by Gasteiger charge is 2.20. The third kappa shape index (κ3) is 7.68. The van der Waals surface area contributed by atoms with Crippen molar-refractivity contribution in [2.75, 3.05) is 46.9 Å².